The van der Waals surface area contributed by atoms with E-state index in [0.717, 1.165) is 18.2 Å². The number of benzene rings is 1. The molecule has 0 aliphatic rings. The van der Waals surface area contributed by atoms with Crippen molar-refractivity contribution in [1.82, 2.24) is 0 Å². The molecule has 1 aromatic rings. The van der Waals surface area contributed by atoms with Gasteiger partial charge in [0.15, 0.2) is 0 Å². The summed E-state index contributed by atoms with van der Waals surface area (Å²) in [5, 5.41) is 31.3. The van der Waals surface area contributed by atoms with Gasteiger partial charge in [-0.3, -0.25) is 20.2 Å². The van der Waals surface area contributed by atoms with Crippen LogP contribution in [-0.4, -0.2) is 40.5 Å². The zero-order chi connectivity index (χ0) is 23.0. The molecule has 0 aliphatic heterocycles. The second-order valence-electron chi connectivity index (χ2n) is 7.79. The SMILES string of the molecule is CCCC[N+](CCCC)(CCCC)CCCC.O=[N+]([O-])c1cccc([O-])c1[N+](=O)[O-]. The number of hydrogen-bond donors (Lipinski definition) is 0. The molecule has 0 unspecified atom stereocenters. The van der Waals surface area contributed by atoms with Crippen LogP contribution in [0.15, 0.2) is 18.2 Å². The normalized spacial score (nSPS) is 10.9. The number of quaternary nitrogens is 1. The van der Waals surface area contributed by atoms with Gasteiger partial charge in [0, 0.05) is 6.07 Å². The van der Waals surface area contributed by atoms with Gasteiger partial charge in [-0.25, -0.2) is 0 Å². The van der Waals surface area contributed by atoms with E-state index in [0.29, 0.717) is 0 Å². The minimum Gasteiger partial charge on any atom is -0.868 e. The smallest absolute Gasteiger partial charge is 0.345 e. The largest absolute Gasteiger partial charge is 0.868 e. The van der Waals surface area contributed by atoms with E-state index in [1.54, 1.807) is 0 Å². The molecule has 0 radical (unpaired) electrons. The summed E-state index contributed by atoms with van der Waals surface area (Å²) in [6, 6.07) is 2.93. The molecule has 8 heteroatoms. The summed E-state index contributed by atoms with van der Waals surface area (Å²) >= 11 is 0. The molecule has 8 nitrogen and oxygen atoms in total. The predicted molar refractivity (Wildman–Crippen MR) is 119 cm³/mol. The molecule has 0 spiro atoms. The van der Waals surface area contributed by atoms with Crippen LogP contribution in [0.2, 0.25) is 0 Å². The maximum Gasteiger partial charge on any atom is 0.345 e. The maximum absolute atomic E-state index is 10.8. The summed E-state index contributed by atoms with van der Waals surface area (Å²) in [7, 11) is 0. The molecule has 0 heterocycles. The third kappa shape index (κ3) is 10.0. The highest BCUT2D eigenvalue weighted by atomic mass is 16.6. The third-order valence-corrected chi connectivity index (χ3v) is 5.30. The Morgan fingerprint density at radius 2 is 1.13 bits per heavy atom. The van der Waals surface area contributed by atoms with Crippen LogP contribution in [0.3, 0.4) is 0 Å². The van der Waals surface area contributed by atoms with Crippen molar-refractivity contribution in [2.24, 2.45) is 0 Å². The Kier molecular flexibility index (Phi) is 14.4. The molecule has 0 fully saturated rings. The van der Waals surface area contributed by atoms with Crippen molar-refractivity contribution in [1.29, 1.82) is 0 Å². The molecular weight excluding hydrogens is 386 g/mol. The molecular formula is C22H39N3O5. The Morgan fingerprint density at radius 3 is 1.40 bits per heavy atom. The van der Waals surface area contributed by atoms with Crippen LogP contribution in [0, 0.1) is 20.2 Å². The van der Waals surface area contributed by atoms with Gasteiger partial charge in [0.25, 0.3) is 0 Å². The molecule has 172 valence electrons. The van der Waals surface area contributed by atoms with Crippen molar-refractivity contribution < 1.29 is 19.4 Å². The number of para-hydroxylation sites is 1. The fraction of sp³-hybridized carbons (Fsp3) is 0.727. The van der Waals surface area contributed by atoms with Gasteiger partial charge in [-0.2, -0.15) is 0 Å². The van der Waals surface area contributed by atoms with Crippen molar-refractivity contribution in [3.8, 4) is 5.75 Å². The van der Waals surface area contributed by atoms with Crippen LogP contribution in [0.25, 0.3) is 0 Å². The van der Waals surface area contributed by atoms with Crippen LogP contribution in [-0.2, 0) is 0 Å². The van der Waals surface area contributed by atoms with Crippen molar-refractivity contribution in [2.45, 2.75) is 79.1 Å². The Bertz CT molecular complexity index is 600. The summed E-state index contributed by atoms with van der Waals surface area (Å²) in [6.45, 7) is 15.0. The predicted octanol–water partition coefficient (Wildman–Crippen LogP) is 5.58. The van der Waals surface area contributed by atoms with Crippen molar-refractivity contribution in [2.75, 3.05) is 26.2 Å². The first kappa shape index (κ1) is 27.8. The molecule has 0 N–H and O–H groups in total. The van der Waals surface area contributed by atoms with Crippen LogP contribution >= 0.6 is 0 Å². The first-order chi connectivity index (χ1) is 14.3. The van der Waals surface area contributed by atoms with E-state index in [1.807, 2.05) is 0 Å². The molecule has 1 rings (SSSR count). The van der Waals surface area contributed by atoms with Gasteiger partial charge in [0.1, 0.15) is 0 Å². The Balaban J connectivity index is 0.000000579. The highest BCUT2D eigenvalue weighted by Gasteiger charge is 2.25. The van der Waals surface area contributed by atoms with E-state index in [4.69, 9.17) is 0 Å². The summed E-state index contributed by atoms with van der Waals surface area (Å²) in [5.74, 6) is -0.959. The summed E-state index contributed by atoms with van der Waals surface area (Å²) < 4.78 is 1.42. The van der Waals surface area contributed by atoms with Gasteiger partial charge in [-0.15, -0.1) is 0 Å². The van der Waals surface area contributed by atoms with Crippen LogP contribution < -0.4 is 5.11 Å². The lowest BCUT2D eigenvalue weighted by molar-refractivity contribution is -0.929. The Morgan fingerprint density at radius 1 is 0.733 bits per heavy atom. The lowest BCUT2D eigenvalue weighted by Crippen LogP contribution is -2.50. The van der Waals surface area contributed by atoms with Gasteiger partial charge in [-0.05, 0) is 31.4 Å². The molecule has 1 aromatic carbocycles. The molecule has 0 amide bonds. The second-order valence-corrected chi connectivity index (χ2v) is 7.79. The molecule has 30 heavy (non-hydrogen) atoms. The number of unbranched alkanes of at least 4 members (excludes halogenated alkanes) is 4. The van der Waals surface area contributed by atoms with Crippen molar-refractivity contribution in [3.63, 3.8) is 0 Å². The third-order valence-electron chi connectivity index (χ3n) is 5.30. The van der Waals surface area contributed by atoms with Gasteiger partial charge in [0.05, 0.1) is 36.0 Å². The molecule has 0 aliphatic carbocycles. The number of rotatable bonds is 14. The topological polar surface area (TPSA) is 109 Å². The molecule has 0 saturated carbocycles. The number of hydrogen-bond acceptors (Lipinski definition) is 5. The molecule has 0 bridgehead atoms. The average Bonchev–Trinajstić information content (AvgIpc) is 2.72. The lowest BCUT2D eigenvalue weighted by atomic mass is 10.1. The van der Waals surface area contributed by atoms with Crippen LogP contribution in [0.5, 0.6) is 5.75 Å². The molecule has 0 aromatic heterocycles. The van der Waals surface area contributed by atoms with E-state index in [2.05, 4.69) is 27.7 Å². The zero-order valence-electron chi connectivity index (χ0n) is 19.1. The van der Waals surface area contributed by atoms with E-state index in [1.165, 1.54) is 82.0 Å². The summed E-state index contributed by atoms with van der Waals surface area (Å²) in [4.78, 5) is 18.5. The minimum atomic E-state index is -1.06. The van der Waals surface area contributed by atoms with Gasteiger partial charge >= 0.3 is 11.4 Å². The number of nitro groups is 2. The summed E-state index contributed by atoms with van der Waals surface area (Å²) in [6.07, 6.45) is 11.1. The van der Waals surface area contributed by atoms with E-state index >= 15 is 0 Å². The first-order valence-electron chi connectivity index (χ1n) is 11.2. The fourth-order valence-electron chi connectivity index (χ4n) is 3.49. The first-order valence-corrected chi connectivity index (χ1v) is 11.2. The zero-order valence-corrected chi connectivity index (χ0v) is 19.1. The van der Waals surface area contributed by atoms with E-state index < -0.39 is 27.0 Å². The summed E-state index contributed by atoms with van der Waals surface area (Å²) in [5.41, 5.74) is -1.77. The quantitative estimate of drug-likeness (QED) is 0.219. The highest BCUT2D eigenvalue weighted by Crippen LogP contribution is 2.32. The van der Waals surface area contributed by atoms with Gasteiger partial charge in [-0.1, -0.05) is 65.5 Å². The van der Waals surface area contributed by atoms with Crippen molar-refractivity contribution >= 4 is 11.4 Å². The Hall–Kier alpha value is -2.22. The number of nitro benzene ring substituents is 2. The Labute approximate surface area is 180 Å². The average molecular weight is 426 g/mol. The lowest BCUT2D eigenvalue weighted by Gasteiger charge is -2.39. The van der Waals surface area contributed by atoms with E-state index in [-0.39, 0.29) is 0 Å². The maximum atomic E-state index is 10.8. The highest BCUT2D eigenvalue weighted by molar-refractivity contribution is 5.60. The minimum absolute atomic E-state index is 0.780. The monoisotopic (exact) mass is 425 g/mol. The molecule has 0 atom stereocenters. The van der Waals surface area contributed by atoms with Crippen LogP contribution in [0.1, 0.15) is 79.1 Å². The second kappa shape index (κ2) is 15.6. The van der Waals surface area contributed by atoms with Gasteiger partial charge < -0.3 is 9.59 Å². The number of nitrogens with zero attached hydrogens (tertiary/aromatic N) is 3. The van der Waals surface area contributed by atoms with Crippen molar-refractivity contribution in [3.05, 3.63) is 38.4 Å². The molecule has 0 saturated heterocycles. The van der Waals surface area contributed by atoms with E-state index in [9.17, 15) is 25.3 Å². The van der Waals surface area contributed by atoms with Gasteiger partial charge in [0.2, 0.25) is 0 Å². The fourth-order valence-corrected chi connectivity index (χ4v) is 3.49. The standard InChI is InChI=1S/C16H36N.C6H4N2O5/c1-5-9-13-17(14-10-6-2,15-11-7-3)16-12-8-4;9-5-3-1-2-4(7(10)11)6(5)8(12)13/h5-16H2,1-4H3;1-3,9H/q+1;/p-1. The van der Waals surface area contributed by atoms with Crippen LogP contribution in [0.4, 0.5) is 11.4 Å².